The van der Waals surface area contributed by atoms with Gasteiger partial charge >= 0.3 is 0 Å². The van der Waals surface area contributed by atoms with Gasteiger partial charge in [-0.15, -0.1) is 0 Å². The van der Waals surface area contributed by atoms with Crippen molar-refractivity contribution in [3.8, 4) is 0 Å². The van der Waals surface area contributed by atoms with Crippen LogP contribution in [0.25, 0.3) is 0 Å². The molecule has 2 heterocycles. The van der Waals surface area contributed by atoms with Crippen LogP contribution in [-0.2, 0) is 0 Å². The van der Waals surface area contributed by atoms with Gasteiger partial charge in [-0.05, 0) is 68.8 Å². The van der Waals surface area contributed by atoms with E-state index in [-0.39, 0.29) is 17.6 Å². The average Bonchev–Trinajstić information content (AvgIpc) is 2.82. The average molecular weight is 610 g/mol. The molecule has 2 aliphatic heterocycles. The Kier molecular flexibility index (Phi) is 9.38. The van der Waals surface area contributed by atoms with Gasteiger partial charge in [0.05, 0.1) is 0 Å². The fourth-order valence-electron chi connectivity index (χ4n) is 5.26. The number of benzene rings is 2. The second kappa shape index (κ2) is 12.3. The minimum atomic E-state index is -0.233. The zero-order valence-electron chi connectivity index (χ0n) is 20.5. The molecular weight excluding hydrogens is 575 g/mol. The van der Waals surface area contributed by atoms with Crippen LogP contribution in [0.1, 0.15) is 41.1 Å². The largest absolute Gasteiger partial charge is 0.341 e. The molecule has 5 nitrogen and oxygen atoms in total. The Bertz CT molecular complexity index is 971. The topological polar surface area (TPSA) is 38.8 Å². The fourth-order valence-corrected chi connectivity index (χ4v) is 6.55. The number of amides is 1. The number of nitrogens with zero attached hydrogens (tertiary/aromatic N) is 3. The summed E-state index contributed by atoms with van der Waals surface area (Å²) < 4.78 is 15.3. The molecule has 1 atom stereocenters. The highest BCUT2D eigenvalue weighted by molar-refractivity contribution is 9.11. The number of carbonyl (C=O) groups excluding carboxylic acids is 1. The second-order valence-electron chi connectivity index (χ2n) is 9.89. The van der Waals surface area contributed by atoms with Crippen LogP contribution < -0.4 is 5.32 Å². The molecule has 8 heteroatoms. The first-order valence-corrected chi connectivity index (χ1v) is 14.0. The predicted octanol–water partition coefficient (Wildman–Crippen LogP) is 4.96. The highest BCUT2D eigenvalue weighted by Gasteiger charge is 2.33. The Morgan fingerprint density at radius 1 is 1.11 bits per heavy atom. The molecule has 2 aromatic carbocycles. The lowest BCUT2D eigenvalue weighted by Crippen LogP contribution is -2.61. The van der Waals surface area contributed by atoms with Crippen molar-refractivity contribution >= 4 is 37.8 Å². The van der Waals surface area contributed by atoms with E-state index in [0.29, 0.717) is 24.2 Å². The smallest absolute Gasteiger partial charge is 0.253 e. The molecule has 0 radical (unpaired) electrons. The van der Waals surface area contributed by atoms with Crippen LogP contribution in [0.2, 0.25) is 0 Å². The lowest BCUT2D eigenvalue weighted by molar-refractivity contribution is 0.0170. The molecule has 0 aromatic heterocycles. The summed E-state index contributed by atoms with van der Waals surface area (Å²) in [5, 5.41) is 3.41. The number of halogens is 3. The number of piperidine rings is 1. The van der Waals surface area contributed by atoms with Gasteiger partial charge in [-0.1, -0.05) is 44.0 Å². The van der Waals surface area contributed by atoms with Crippen molar-refractivity contribution in [2.45, 2.75) is 37.3 Å². The van der Waals surface area contributed by atoms with Crippen LogP contribution in [0, 0.1) is 5.82 Å². The van der Waals surface area contributed by atoms with Gasteiger partial charge < -0.3 is 15.1 Å². The summed E-state index contributed by atoms with van der Waals surface area (Å²) in [6.07, 6.45) is 3.39. The Balaban J connectivity index is 1.34. The molecule has 190 valence electrons. The molecule has 1 N–H and O–H groups in total. The highest BCUT2D eigenvalue weighted by Crippen LogP contribution is 2.27. The maximum absolute atomic E-state index is 13.6. The van der Waals surface area contributed by atoms with E-state index in [1.807, 2.05) is 37.4 Å². The number of rotatable bonds is 9. The molecule has 0 unspecified atom stereocenters. The molecule has 0 saturated carbocycles. The molecule has 0 spiro atoms. The summed E-state index contributed by atoms with van der Waals surface area (Å²) in [6.45, 7) is 6.16. The van der Waals surface area contributed by atoms with Crippen LogP contribution in [0.15, 0.2) is 51.4 Å². The number of hydrogen-bond acceptors (Lipinski definition) is 4. The van der Waals surface area contributed by atoms with E-state index in [1.165, 1.54) is 38.1 Å². The van der Waals surface area contributed by atoms with E-state index in [2.05, 4.69) is 54.0 Å². The third kappa shape index (κ3) is 7.13. The third-order valence-corrected chi connectivity index (χ3v) is 8.39. The summed E-state index contributed by atoms with van der Waals surface area (Å²) in [4.78, 5) is 20.1. The standard InChI is InChI=1S/C27H35Br2FN4O/c1-31-25-8-11-34(12-9-25)26-17-33(18-26)10-7-20(19-3-5-24(30)6-4-19)16-32(2)27(35)21-13-22(28)15-23(29)14-21/h3-6,13-15,20,25-26,31H,7-12,16-18H2,1-2H3/t20-/m1/s1. The van der Waals surface area contributed by atoms with E-state index in [4.69, 9.17) is 0 Å². The molecular formula is C27H35Br2FN4O. The van der Waals surface area contributed by atoms with Gasteiger partial charge in [0.1, 0.15) is 5.82 Å². The summed E-state index contributed by atoms with van der Waals surface area (Å²) in [6, 6.07) is 13.7. The van der Waals surface area contributed by atoms with E-state index in [9.17, 15) is 9.18 Å². The number of carbonyl (C=O) groups is 1. The zero-order valence-corrected chi connectivity index (χ0v) is 23.7. The van der Waals surface area contributed by atoms with Crippen LogP contribution in [0.5, 0.6) is 0 Å². The molecule has 2 aliphatic rings. The van der Waals surface area contributed by atoms with Crippen molar-refractivity contribution in [1.82, 2.24) is 20.0 Å². The van der Waals surface area contributed by atoms with Crippen molar-refractivity contribution in [2.75, 3.05) is 53.4 Å². The predicted molar refractivity (Wildman–Crippen MR) is 146 cm³/mol. The van der Waals surface area contributed by atoms with Crippen LogP contribution in [0.3, 0.4) is 0 Å². The Morgan fingerprint density at radius 2 is 1.74 bits per heavy atom. The summed E-state index contributed by atoms with van der Waals surface area (Å²) in [5.74, 6) is -0.109. The monoisotopic (exact) mass is 608 g/mol. The van der Waals surface area contributed by atoms with Gasteiger partial charge in [-0.25, -0.2) is 4.39 Å². The number of likely N-dealkylation sites (tertiary alicyclic amines) is 2. The Morgan fingerprint density at radius 3 is 2.34 bits per heavy atom. The summed E-state index contributed by atoms with van der Waals surface area (Å²) >= 11 is 6.94. The maximum Gasteiger partial charge on any atom is 0.253 e. The first-order chi connectivity index (χ1) is 16.8. The van der Waals surface area contributed by atoms with E-state index < -0.39 is 0 Å². The van der Waals surface area contributed by atoms with Gasteiger partial charge in [0.25, 0.3) is 5.91 Å². The normalized spacial score (nSPS) is 18.9. The molecule has 4 rings (SSSR count). The van der Waals surface area contributed by atoms with E-state index in [0.717, 1.165) is 40.6 Å². The Hall–Kier alpha value is -1.32. The zero-order chi connectivity index (χ0) is 24.9. The lowest BCUT2D eigenvalue weighted by Gasteiger charge is -2.48. The van der Waals surface area contributed by atoms with Gasteiger partial charge in [-0.3, -0.25) is 9.69 Å². The lowest BCUT2D eigenvalue weighted by atomic mass is 9.93. The third-order valence-electron chi connectivity index (χ3n) is 7.48. The van der Waals surface area contributed by atoms with Crippen molar-refractivity contribution in [3.63, 3.8) is 0 Å². The van der Waals surface area contributed by atoms with Gasteiger partial charge in [-0.2, -0.15) is 0 Å². The molecule has 2 saturated heterocycles. The highest BCUT2D eigenvalue weighted by atomic mass is 79.9. The van der Waals surface area contributed by atoms with Crippen LogP contribution in [-0.4, -0.2) is 86.1 Å². The van der Waals surface area contributed by atoms with Crippen molar-refractivity contribution in [3.05, 3.63) is 68.4 Å². The SMILES string of the molecule is CNC1CCN(C2CN(CC[C@H](CN(C)C(=O)c3cc(Br)cc(Br)c3)c3ccc(F)cc3)C2)CC1. The minimum Gasteiger partial charge on any atom is -0.341 e. The van der Waals surface area contributed by atoms with Crippen LogP contribution >= 0.6 is 31.9 Å². The van der Waals surface area contributed by atoms with Crippen molar-refractivity contribution in [2.24, 2.45) is 0 Å². The number of likely N-dealkylation sites (N-methyl/N-ethyl adjacent to an activating group) is 1. The molecule has 2 fully saturated rings. The first-order valence-electron chi connectivity index (χ1n) is 12.4. The molecule has 2 aromatic rings. The molecule has 0 bridgehead atoms. The minimum absolute atomic E-state index is 0.0203. The second-order valence-corrected chi connectivity index (χ2v) is 11.7. The molecule has 35 heavy (non-hydrogen) atoms. The first kappa shape index (κ1) is 26.7. The number of hydrogen-bond donors (Lipinski definition) is 1. The molecule has 0 aliphatic carbocycles. The quantitative estimate of drug-likeness (QED) is 0.436. The van der Waals surface area contributed by atoms with Crippen LogP contribution in [0.4, 0.5) is 4.39 Å². The van der Waals surface area contributed by atoms with Gasteiger partial charge in [0.2, 0.25) is 0 Å². The fraction of sp³-hybridized carbons (Fsp3) is 0.519. The van der Waals surface area contributed by atoms with Gasteiger partial charge in [0.15, 0.2) is 0 Å². The van der Waals surface area contributed by atoms with E-state index in [1.54, 1.807) is 4.90 Å². The number of nitrogens with one attached hydrogen (secondary N) is 1. The molecule has 1 amide bonds. The van der Waals surface area contributed by atoms with Crippen molar-refractivity contribution < 1.29 is 9.18 Å². The van der Waals surface area contributed by atoms with Gasteiger partial charge in [0, 0.05) is 72.3 Å². The summed E-state index contributed by atoms with van der Waals surface area (Å²) in [7, 11) is 3.91. The van der Waals surface area contributed by atoms with Crippen molar-refractivity contribution in [1.29, 1.82) is 0 Å². The Labute approximate surface area is 225 Å². The summed E-state index contributed by atoms with van der Waals surface area (Å²) in [5.41, 5.74) is 1.71. The van der Waals surface area contributed by atoms with E-state index >= 15 is 0 Å². The maximum atomic E-state index is 13.6.